The minimum atomic E-state index is 0.145. The summed E-state index contributed by atoms with van der Waals surface area (Å²) < 4.78 is 16.0. The molecule has 3 aromatic rings. The lowest BCUT2D eigenvalue weighted by molar-refractivity contribution is 0.243. The van der Waals surface area contributed by atoms with Crippen molar-refractivity contribution in [3.05, 3.63) is 59.4 Å². The van der Waals surface area contributed by atoms with E-state index in [2.05, 4.69) is 10.1 Å². The summed E-state index contributed by atoms with van der Waals surface area (Å²) in [5, 5.41) is 4.48. The molecule has 0 aliphatic rings. The number of benzene rings is 2. The van der Waals surface area contributed by atoms with Crippen LogP contribution in [0.25, 0.3) is 11.4 Å². The van der Waals surface area contributed by atoms with Crippen molar-refractivity contribution >= 4 is 11.6 Å². The molecule has 0 N–H and O–H groups in total. The molecule has 0 aliphatic carbocycles. The van der Waals surface area contributed by atoms with Crippen LogP contribution in [0.15, 0.2) is 53.1 Å². The second-order valence-electron chi connectivity index (χ2n) is 4.43. The number of hydrogen-bond acceptors (Lipinski definition) is 5. The van der Waals surface area contributed by atoms with Gasteiger partial charge in [-0.3, -0.25) is 0 Å². The molecule has 22 heavy (non-hydrogen) atoms. The Morgan fingerprint density at radius 1 is 1.05 bits per heavy atom. The van der Waals surface area contributed by atoms with Gasteiger partial charge in [0.1, 0.15) is 11.5 Å². The Kier molecular flexibility index (Phi) is 4.25. The molecule has 0 amide bonds. The monoisotopic (exact) mass is 316 g/mol. The molecule has 0 spiro atoms. The normalized spacial score (nSPS) is 10.5. The lowest BCUT2D eigenvalue weighted by Crippen LogP contribution is -1.96. The van der Waals surface area contributed by atoms with E-state index in [1.165, 1.54) is 0 Å². The van der Waals surface area contributed by atoms with Crippen LogP contribution in [0.2, 0.25) is 5.02 Å². The van der Waals surface area contributed by atoms with Crippen LogP contribution in [-0.4, -0.2) is 17.3 Å². The van der Waals surface area contributed by atoms with Gasteiger partial charge in [-0.1, -0.05) is 41.0 Å². The van der Waals surface area contributed by atoms with E-state index >= 15 is 0 Å². The minimum absolute atomic E-state index is 0.145. The number of ether oxygens (including phenoxy) is 2. The maximum absolute atomic E-state index is 6.02. The quantitative estimate of drug-likeness (QED) is 0.712. The van der Waals surface area contributed by atoms with Gasteiger partial charge in [0.2, 0.25) is 5.82 Å². The predicted molar refractivity (Wildman–Crippen MR) is 82.1 cm³/mol. The van der Waals surface area contributed by atoms with Crippen LogP contribution in [0.1, 0.15) is 5.89 Å². The lowest BCUT2D eigenvalue weighted by Gasteiger charge is -2.04. The van der Waals surface area contributed by atoms with Crippen molar-refractivity contribution < 1.29 is 14.0 Å². The fraction of sp³-hybridized carbons (Fsp3) is 0.125. The van der Waals surface area contributed by atoms with Crippen LogP contribution in [0, 0.1) is 0 Å². The Balaban J connectivity index is 1.75. The van der Waals surface area contributed by atoms with Crippen LogP contribution in [0.3, 0.4) is 0 Å². The number of rotatable bonds is 5. The summed E-state index contributed by atoms with van der Waals surface area (Å²) in [5.74, 6) is 2.07. The third-order valence-corrected chi connectivity index (χ3v) is 3.32. The molecule has 0 atom stereocenters. The van der Waals surface area contributed by atoms with E-state index in [1.54, 1.807) is 19.2 Å². The van der Waals surface area contributed by atoms with Crippen LogP contribution < -0.4 is 9.47 Å². The van der Waals surface area contributed by atoms with Crippen LogP contribution in [-0.2, 0) is 6.61 Å². The SMILES string of the molecule is COc1ccccc1-c1noc(COc2ccccc2Cl)n1. The average molecular weight is 317 g/mol. The van der Waals surface area contributed by atoms with Gasteiger partial charge in [-0.15, -0.1) is 0 Å². The van der Waals surface area contributed by atoms with Gasteiger partial charge in [0.25, 0.3) is 5.89 Å². The zero-order valence-electron chi connectivity index (χ0n) is 11.8. The zero-order valence-corrected chi connectivity index (χ0v) is 12.6. The molecule has 0 unspecified atom stereocenters. The first kappa shape index (κ1) is 14.4. The average Bonchev–Trinajstić information content (AvgIpc) is 3.03. The zero-order chi connectivity index (χ0) is 15.4. The largest absolute Gasteiger partial charge is 0.496 e. The standard InChI is InChI=1S/C16H13ClN2O3/c1-20-13-8-4-2-6-11(13)16-18-15(22-19-16)10-21-14-9-5-3-7-12(14)17/h2-9H,10H2,1H3. The molecule has 0 saturated carbocycles. The second kappa shape index (κ2) is 6.49. The number of methoxy groups -OCH3 is 1. The highest BCUT2D eigenvalue weighted by molar-refractivity contribution is 6.32. The molecule has 1 heterocycles. The summed E-state index contributed by atoms with van der Waals surface area (Å²) in [6, 6.07) is 14.7. The predicted octanol–water partition coefficient (Wildman–Crippen LogP) is 3.98. The Hall–Kier alpha value is -2.53. The second-order valence-corrected chi connectivity index (χ2v) is 4.84. The molecule has 5 nitrogen and oxygen atoms in total. The molecule has 1 aromatic heterocycles. The summed E-state index contributed by atoms with van der Waals surface area (Å²) in [5.41, 5.74) is 0.762. The first-order valence-electron chi connectivity index (χ1n) is 6.61. The van der Waals surface area contributed by atoms with E-state index in [9.17, 15) is 0 Å². The number of halogens is 1. The van der Waals surface area contributed by atoms with E-state index in [1.807, 2.05) is 36.4 Å². The van der Waals surface area contributed by atoms with Gasteiger partial charge in [0.15, 0.2) is 6.61 Å². The number of para-hydroxylation sites is 2. The molecular weight excluding hydrogens is 304 g/mol. The first-order chi connectivity index (χ1) is 10.8. The van der Waals surface area contributed by atoms with Crippen molar-refractivity contribution in [2.45, 2.75) is 6.61 Å². The summed E-state index contributed by atoms with van der Waals surface area (Å²) in [4.78, 5) is 4.31. The lowest BCUT2D eigenvalue weighted by atomic mass is 10.2. The highest BCUT2D eigenvalue weighted by Crippen LogP contribution is 2.28. The van der Waals surface area contributed by atoms with Crippen molar-refractivity contribution in [1.82, 2.24) is 10.1 Å². The summed E-state index contributed by atoms with van der Waals surface area (Å²) in [6.45, 7) is 0.145. The number of hydrogen-bond donors (Lipinski definition) is 0. The molecule has 0 bridgehead atoms. The van der Waals surface area contributed by atoms with E-state index in [-0.39, 0.29) is 6.61 Å². The van der Waals surface area contributed by atoms with E-state index < -0.39 is 0 Å². The first-order valence-corrected chi connectivity index (χ1v) is 6.99. The maximum Gasteiger partial charge on any atom is 0.264 e. The molecule has 3 rings (SSSR count). The molecule has 0 radical (unpaired) electrons. The topological polar surface area (TPSA) is 57.4 Å². The summed E-state index contributed by atoms with van der Waals surface area (Å²) in [7, 11) is 1.60. The van der Waals surface area contributed by atoms with Crippen molar-refractivity contribution in [2.24, 2.45) is 0 Å². The van der Waals surface area contributed by atoms with Gasteiger partial charge in [0, 0.05) is 0 Å². The van der Waals surface area contributed by atoms with Crippen molar-refractivity contribution in [3.8, 4) is 22.9 Å². The van der Waals surface area contributed by atoms with Crippen molar-refractivity contribution in [2.75, 3.05) is 7.11 Å². The highest BCUT2D eigenvalue weighted by Gasteiger charge is 2.13. The Morgan fingerprint density at radius 2 is 1.77 bits per heavy atom. The maximum atomic E-state index is 6.02. The Morgan fingerprint density at radius 3 is 2.55 bits per heavy atom. The number of nitrogens with zero attached hydrogens (tertiary/aromatic N) is 2. The van der Waals surface area contributed by atoms with Gasteiger partial charge in [-0.25, -0.2) is 0 Å². The molecule has 0 fully saturated rings. The molecular formula is C16H13ClN2O3. The molecule has 112 valence electrons. The van der Waals surface area contributed by atoms with Crippen molar-refractivity contribution in [3.63, 3.8) is 0 Å². The van der Waals surface area contributed by atoms with E-state index in [0.717, 1.165) is 5.56 Å². The van der Waals surface area contributed by atoms with Crippen LogP contribution >= 0.6 is 11.6 Å². The third kappa shape index (κ3) is 3.04. The minimum Gasteiger partial charge on any atom is -0.496 e. The molecule has 6 heteroatoms. The van der Waals surface area contributed by atoms with E-state index in [0.29, 0.717) is 28.2 Å². The van der Waals surface area contributed by atoms with E-state index in [4.69, 9.17) is 25.6 Å². The number of aromatic nitrogens is 2. The van der Waals surface area contributed by atoms with Crippen LogP contribution in [0.4, 0.5) is 0 Å². The fourth-order valence-electron chi connectivity index (χ4n) is 1.95. The molecule has 0 saturated heterocycles. The van der Waals surface area contributed by atoms with Gasteiger partial charge in [-0.05, 0) is 24.3 Å². The fourth-order valence-corrected chi connectivity index (χ4v) is 2.14. The van der Waals surface area contributed by atoms with Gasteiger partial charge in [0.05, 0.1) is 17.7 Å². The summed E-state index contributed by atoms with van der Waals surface area (Å²) >= 11 is 6.02. The highest BCUT2D eigenvalue weighted by atomic mass is 35.5. The van der Waals surface area contributed by atoms with Gasteiger partial charge < -0.3 is 14.0 Å². The van der Waals surface area contributed by atoms with Crippen molar-refractivity contribution in [1.29, 1.82) is 0 Å². The molecule has 0 aliphatic heterocycles. The van der Waals surface area contributed by atoms with Gasteiger partial charge >= 0.3 is 0 Å². The third-order valence-electron chi connectivity index (χ3n) is 3.00. The Labute approximate surface area is 132 Å². The molecule has 2 aromatic carbocycles. The van der Waals surface area contributed by atoms with Crippen LogP contribution in [0.5, 0.6) is 11.5 Å². The summed E-state index contributed by atoms with van der Waals surface area (Å²) in [6.07, 6.45) is 0. The Bertz CT molecular complexity index is 773. The smallest absolute Gasteiger partial charge is 0.264 e. The van der Waals surface area contributed by atoms with Gasteiger partial charge in [-0.2, -0.15) is 4.98 Å².